The van der Waals surface area contributed by atoms with E-state index in [0.717, 1.165) is 5.69 Å². The number of hydrogen-bond donors (Lipinski definition) is 1. The normalized spacial score (nSPS) is 19.5. The van der Waals surface area contributed by atoms with Crippen molar-refractivity contribution in [2.75, 3.05) is 20.3 Å². The van der Waals surface area contributed by atoms with Crippen molar-refractivity contribution >= 4 is 11.8 Å². The van der Waals surface area contributed by atoms with Gasteiger partial charge < -0.3 is 15.0 Å². The molecule has 6 nitrogen and oxygen atoms in total. The number of carbonyl (C=O) groups is 2. The van der Waals surface area contributed by atoms with Gasteiger partial charge in [0.15, 0.2) is 0 Å². The van der Waals surface area contributed by atoms with Crippen LogP contribution in [0.3, 0.4) is 0 Å². The monoisotopic (exact) mass is 385 g/mol. The van der Waals surface area contributed by atoms with Crippen molar-refractivity contribution in [3.63, 3.8) is 0 Å². The van der Waals surface area contributed by atoms with Crippen molar-refractivity contribution < 1.29 is 18.7 Å². The van der Waals surface area contributed by atoms with Crippen molar-refractivity contribution in [2.24, 2.45) is 5.92 Å². The largest absolute Gasteiger partial charge is 0.383 e. The Hall–Kier alpha value is -2.80. The smallest absolute Gasteiger partial charge is 0.225 e. The Labute approximate surface area is 163 Å². The molecule has 0 bridgehead atoms. The van der Waals surface area contributed by atoms with Crippen LogP contribution in [0.15, 0.2) is 48.7 Å². The van der Waals surface area contributed by atoms with Gasteiger partial charge in [0, 0.05) is 31.8 Å². The van der Waals surface area contributed by atoms with Gasteiger partial charge in [0.2, 0.25) is 11.8 Å². The Balaban J connectivity index is 1.85. The van der Waals surface area contributed by atoms with E-state index in [9.17, 15) is 14.0 Å². The summed E-state index contributed by atoms with van der Waals surface area (Å²) in [6.07, 6.45) is 2.28. The summed E-state index contributed by atoms with van der Waals surface area (Å²) in [6.45, 7) is 0.906. The lowest BCUT2D eigenvalue weighted by atomic mass is 9.83. The molecule has 28 heavy (non-hydrogen) atoms. The molecular weight excluding hydrogens is 361 g/mol. The second-order valence-electron chi connectivity index (χ2n) is 6.73. The molecule has 0 saturated carbocycles. The molecule has 148 valence electrons. The fraction of sp³-hybridized carbons (Fsp3) is 0.381. The van der Waals surface area contributed by atoms with Gasteiger partial charge in [-0.15, -0.1) is 0 Å². The average molecular weight is 385 g/mol. The lowest BCUT2D eigenvalue weighted by Crippen LogP contribution is -2.49. The van der Waals surface area contributed by atoms with E-state index in [0.29, 0.717) is 25.1 Å². The molecule has 2 heterocycles. The maximum atomic E-state index is 14.6. The summed E-state index contributed by atoms with van der Waals surface area (Å²) in [5.41, 5.74) is 1.09. The zero-order chi connectivity index (χ0) is 19.9. The zero-order valence-electron chi connectivity index (χ0n) is 15.8. The Morgan fingerprint density at radius 3 is 2.79 bits per heavy atom. The third-order valence-electron chi connectivity index (χ3n) is 4.97. The summed E-state index contributed by atoms with van der Waals surface area (Å²) in [5.74, 6) is -1.28. The van der Waals surface area contributed by atoms with E-state index in [1.54, 1.807) is 42.5 Å². The molecule has 1 aliphatic rings. The second kappa shape index (κ2) is 9.41. The van der Waals surface area contributed by atoms with Gasteiger partial charge in [-0.05, 0) is 24.6 Å². The van der Waals surface area contributed by atoms with E-state index < -0.39 is 17.8 Å². The van der Waals surface area contributed by atoms with Crippen molar-refractivity contribution in [3.05, 3.63) is 65.7 Å². The number of nitrogens with one attached hydrogen (secondary N) is 1. The Morgan fingerprint density at radius 1 is 1.29 bits per heavy atom. The number of carbonyl (C=O) groups excluding carboxylic acids is 2. The molecule has 1 aromatic heterocycles. The van der Waals surface area contributed by atoms with Crippen LogP contribution in [-0.4, -0.2) is 42.0 Å². The van der Waals surface area contributed by atoms with Gasteiger partial charge >= 0.3 is 0 Å². The number of halogens is 1. The first-order valence-corrected chi connectivity index (χ1v) is 9.32. The predicted molar refractivity (Wildman–Crippen MR) is 102 cm³/mol. The molecule has 2 amide bonds. The molecule has 1 aromatic carbocycles. The van der Waals surface area contributed by atoms with Crippen LogP contribution in [0, 0.1) is 11.7 Å². The van der Waals surface area contributed by atoms with Gasteiger partial charge in [0.25, 0.3) is 0 Å². The number of ether oxygens (including phenoxy) is 1. The zero-order valence-corrected chi connectivity index (χ0v) is 15.8. The Bertz CT molecular complexity index is 816. The van der Waals surface area contributed by atoms with Gasteiger partial charge in [0.05, 0.1) is 30.8 Å². The highest BCUT2D eigenvalue weighted by molar-refractivity contribution is 5.85. The van der Waals surface area contributed by atoms with E-state index >= 15 is 0 Å². The fourth-order valence-electron chi connectivity index (χ4n) is 3.59. The predicted octanol–water partition coefficient (Wildman–Crippen LogP) is 2.46. The van der Waals surface area contributed by atoms with Gasteiger partial charge in [-0.1, -0.05) is 24.3 Å². The highest BCUT2D eigenvalue weighted by Crippen LogP contribution is 2.37. The average Bonchev–Trinajstić information content (AvgIpc) is 2.72. The number of likely N-dealkylation sites (tertiary alicyclic amines) is 1. The van der Waals surface area contributed by atoms with Gasteiger partial charge in [-0.3, -0.25) is 14.6 Å². The van der Waals surface area contributed by atoms with Crippen LogP contribution in [0.5, 0.6) is 0 Å². The molecule has 2 atom stereocenters. The number of pyridine rings is 1. The molecule has 0 unspecified atom stereocenters. The molecule has 1 N–H and O–H groups in total. The van der Waals surface area contributed by atoms with Crippen molar-refractivity contribution in [2.45, 2.75) is 25.4 Å². The number of aromatic nitrogens is 1. The van der Waals surface area contributed by atoms with Crippen LogP contribution in [0.4, 0.5) is 4.39 Å². The van der Waals surface area contributed by atoms with Gasteiger partial charge in [-0.2, -0.15) is 0 Å². The first-order valence-electron chi connectivity index (χ1n) is 9.32. The van der Waals surface area contributed by atoms with Crippen LogP contribution in [0.25, 0.3) is 0 Å². The van der Waals surface area contributed by atoms with Crippen LogP contribution < -0.4 is 5.32 Å². The van der Waals surface area contributed by atoms with E-state index in [4.69, 9.17) is 4.74 Å². The molecule has 0 aliphatic carbocycles. The van der Waals surface area contributed by atoms with E-state index in [-0.39, 0.29) is 24.8 Å². The number of rotatable bonds is 7. The highest BCUT2D eigenvalue weighted by Gasteiger charge is 2.41. The van der Waals surface area contributed by atoms with Gasteiger partial charge in [-0.25, -0.2) is 4.39 Å². The molecule has 0 spiro atoms. The van der Waals surface area contributed by atoms with E-state index in [1.165, 1.54) is 6.07 Å². The molecule has 2 aromatic rings. The topological polar surface area (TPSA) is 71.5 Å². The third kappa shape index (κ3) is 4.54. The first-order chi connectivity index (χ1) is 13.6. The van der Waals surface area contributed by atoms with Crippen molar-refractivity contribution in [1.82, 2.24) is 15.2 Å². The SMILES string of the molecule is COCCN1C(=O)CC[C@@H](C(=O)NCc2ccccn2)[C@@H]1c1ccccc1F. The first kappa shape index (κ1) is 19.9. The summed E-state index contributed by atoms with van der Waals surface area (Å²) < 4.78 is 19.7. The van der Waals surface area contributed by atoms with E-state index in [1.807, 2.05) is 12.1 Å². The quantitative estimate of drug-likeness (QED) is 0.795. The standard InChI is InChI=1S/C21H24FN3O3/c1-28-13-12-25-19(26)10-9-17(20(25)16-7-2-3-8-18(16)22)21(27)24-14-15-6-4-5-11-23-15/h2-8,11,17,20H,9-10,12-14H2,1H3,(H,24,27)/t17-,20+/m1/s1. The summed E-state index contributed by atoms with van der Waals surface area (Å²) >= 11 is 0. The minimum atomic E-state index is -0.665. The van der Waals surface area contributed by atoms with Gasteiger partial charge in [0.1, 0.15) is 5.82 Å². The maximum Gasteiger partial charge on any atom is 0.225 e. The Kier molecular flexibility index (Phi) is 6.71. The number of benzene rings is 1. The molecule has 0 radical (unpaired) electrons. The lowest BCUT2D eigenvalue weighted by molar-refractivity contribution is -0.144. The second-order valence-corrected chi connectivity index (χ2v) is 6.73. The molecule has 7 heteroatoms. The molecular formula is C21H24FN3O3. The van der Waals surface area contributed by atoms with Crippen LogP contribution in [0.1, 0.15) is 30.1 Å². The van der Waals surface area contributed by atoms with Crippen LogP contribution in [-0.2, 0) is 20.9 Å². The van der Waals surface area contributed by atoms with Crippen molar-refractivity contribution in [3.8, 4) is 0 Å². The molecule has 1 saturated heterocycles. The van der Waals surface area contributed by atoms with Crippen molar-refractivity contribution in [1.29, 1.82) is 0 Å². The fourth-order valence-corrected chi connectivity index (χ4v) is 3.59. The summed E-state index contributed by atoms with van der Waals surface area (Å²) in [4.78, 5) is 31.3. The number of nitrogens with zero attached hydrogens (tertiary/aromatic N) is 2. The molecule has 3 rings (SSSR count). The van der Waals surface area contributed by atoms with Crippen LogP contribution >= 0.6 is 0 Å². The minimum Gasteiger partial charge on any atom is -0.383 e. The highest BCUT2D eigenvalue weighted by atomic mass is 19.1. The third-order valence-corrected chi connectivity index (χ3v) is 4.97. The number of amides is 2. The maximum absolute atomic E-state index is 14.6. The lowest BCUT2D eigenvalue weighted by Gasteiger charge is -2.40. The number of hydrogen-bond acceptors (Lipinski definition) is 4. The van der Waals surface area contributed by atoms with E-state index in [2.05, 4.69) is 10.3 Å². The number of methoxy groups -OCH3 is 1. The van der Waals surface area contributed by atoms with Crippen LogP contribution in [0.2, 0.25) is 0 Å². The Morgan fingerprint density at radius 2 is 2.07 bits per heavy atom. The molecule has 1 aliphatic heterocycles. The summed E-state index contributed by atoms with van der Waals surface area (Å²) in [6, 6.07) is 11.1. The molecule has 1 fully saturated rings. The number of piperidine rings is 1. The summed E-state index contributed by atoms with van der Waals surface area (Å²) in [5, 5.41) is 2.89. The minimum absolute atomic E-state index is 0.0981. The summed E-state index contributed by atoms with van der Waals surface area (Å²) in [7, 11) is 1.55.